The van der Waals surface area contributed by atoms with Gasteiger partial charge in [-0.25, -0.2) is 0 Å². The van der Waals surface area contributed by atoms with E-state index < -0.39 is 0 Å². The highest BCUT2D eigenvalue weighted by atomic mass is 16.5. The number of likely N-dealkylation sites (tertiary alicyclic amines) is 1. The molecule has 1 saturated carbocycles. The number of para-hydroxylation sites is 1. The second kappa shape index (κ2) is 6.85. The Hall–Kier alpha value is -2.38. The van der Waals surface area contributed by atoms with Crippen LogP contribution in [-0.2, 0) is 9.53 Å². The van der Waals surface area contributed by atoms with Crippen LogP contribution in [0.2, 0.25) is 0 Å². The molecule has 1 spiro atoms. The van der Waals surface area contributed by atoms with Gasteiger partial charge in [0.15, 0.2) is 5.76 Å². The maximum absolute atomic E-state index is 13.0. The first-order chi connectivity index (χ1) is 14.0. The van der Waals surface area contributed by atoms with Gasteiger partial charge in [-0.1, -0.05) is 18.2 Å². The summed E-state index contributed by atoms with van der Waals surface area (Å²) in [6.07, 6.45) is 2.47. The minimum absolute atomic E-state index is 0.00524. The van der Waals surface area contributed by atoms with Crippen LogP contribution in [0, 0.1) is 12.8 Å². The van der Waals surface area contributed by atoms with E-state index in [9.17, 15) is 9.59 Å². The van der Waals surface area contributed by atoms with E-state index in [2.05, 4.69) is 10.2 Å². The van der Waals surface area contributed by atoms with Crippen molar-refractivity contribution in [3.05, 3.63) is 35.6 Å². The van der Waals surface area contributed by atoms with Crippen LogP contribution < -0.4 is 5.32 Å². The van der Waals surface area contributed by atoms with E-state index in [1.807, 2.05) is 31.2 Å². The van der Waals surface area contributed by atoms with Gasteiger partial charge in [0.25, 0.3) is 5.91 Å². The Balaban J connectivity index is 1.29. The number of amides is 2. The van der Waals surface area contributed by atoms with Crippen molar-refractivity contribution < 1.29 is 18.7 Å². The third kappa shape index (κ3) is 3.22. The molecule has 3 heterocycles. The largest absolute Gasteiger partial charge is 0.451 e. The molecule has 7 heteroatoms. The van der Waals surface area contributed by atoms with Crippen molar-refractivity contribution in [2.75, 3.05) is 39.8 Å². The molecule has 5 rings (SSSR count). The fourth-order valence-electron chi connectivity index (χ4n) is 4.63. The highest BCUT2D eigenvalue weighted by molar-refractivity contribution is 5.99. The van der Waals surface area contributed by atoms with Crippen molar-refractivity contribution in [1.82, 2.24) is 15.1 Å². The van der Waals surface area contributed by atoms with Crippen molar-refractivity contribution in [2.24, 2.45) is 5.92 Å². The summed E-state index contributed by atoms with van der Waals surface area (Å²) in [5, 5.41) is 3.73. The third-order valence-corrected chi connectivity index (χ3v) is 6.50. The van der Waals surface area contributed by atoms with Crippen LogP contribution >= 0.6 is 0 Å². The summed E-state index contributed by atoms with van der Waals surface area (Å²) in [6.45, 7) is 4.98. The molecule has 2 aliphatic heterocycles. The van der Waals surface area contributed by atoms with E-state index in [-0.39, 0.29) is 23.5 Å². The number of likely N-dealkylation sites (N-methyl/N-ethyl adjacent to an activating group) is 1. The minimum Gasteiger partial charge on any atom is -0.451 e. The predicted octanol–water partition coefficient (Wildman–Crippen LogP) is 1.79. The van der Waals surface area contributed by atoms with Gasteiger partial charge in [0.1, 0.15) is 17.2 Å². The number of furan rings is 1. The van der Waals surface area contributed by atoms with Crippen LogP contribution in [0.1, 0.15) is 29.0 Å². The number of benzene rings is 1. The molecule has 0 bridgehead atoms. The summed E-state index contributed by atoms with van der Waals surface area (Å²) in [7, 11) is 1.67. The molecule has 29 heavy (non-hydrogen) atoms. The number of hydrogen-bond donors (Lipinski definition) is 1. The molecule has 1 aliphatic carbocycles. The number of nitrogens with one attached hydrogen (secondary N) is 1. The first-order valence-corrected chi connectivity index (χ1v) is 10.4. The van der Waals surface area contributed by atoms with Gasteiger partial charge in [0.05, 0.1) is 19.7 Å². The van der Waals surface area contributed by atoms with Crippen molar-refractivity contribution in [1.29, 1.82) is 0 Å². The zero-order valence-electron chi connectivity index (χ0n) is 16.9. The summed E-state index contributed by atoms with van der Waals surface area (Å²) in [6, 6.07) is 7.47. The Morgan fingerprint density at radius 2 is 1.97 bits per heavy atom. The van der Waals surface area contributed by atoms with Crippen LogP contribution in [0.4, 0.5) is 0 Å². The SMILES string of the molecule is CNC(=O)[C@H]1COC2(CN(C(=O)c3oc4ccccc4c3C)C2)CN1CC1CC1. The van der Waals surface area contributed by atoms with Crippen LogP contribution in [0.5, 0.6) is 0 Å². The Bertz CT molecular complexity index is 958. The zero-order valence-corrected chi connectivity index (χ0v) is 16.9. The lowest BCUT2D eigenvalue weighted by Crippen LogP contribution is -2.73. The number of carbonyl (C=O) groups is 2. The number of rotatable bonds is 4. The van der Waals surface area contributed by atoms with Crippen molar-refractivity contribution in [2.45, 2.75) is 31.4 Å². The van der Waals surface area contributed by atoms with Gasteiger partial charge >= 0.3 is 0 Å². The molecule has 0 unspecified atom stereocenters. The Labute approximate surface area is 170 Å². The highest BCUT2D eigenvalue weighted by Crippen LogP contribution is 2.37. The number of nitrogens with zero attached hydrogens (tertiary/aromatic N) is 2. The quantitative estimate of drug-likeness (QED) is 0.852. The van der Waals surface area contributed by atoms with E-state index in [0.29, 0.717) is 37.9 Å². The molecule has 1 aromatic heterocycles. The van der Waals surface area contributed by atoms with Crippen LogP contribution in [0.15, 0.2) is 28.7 Å². The predicted molar refractivity (Wildman–Crippen MR) is 108 cm³/mol. The Kier molecular flexibility index (Phi) is 4.40. The van der Waals surface area contributed by atoms with Crippen LogP contribution in [0.25, 0.3) is 11.0 Å². The van der Waals surface area contributed by atoms with E-state index in [1.54, 1.807) is 11.9 Å². The number of morpholine rings is 1. The van der Waals surface area contributed by atoms with E-state index in [0.717, 1.165) is 23.1 Å². The molecule has 3 fully saturated rings. The van der Waals surface area contributed by atoms with Gasteiger partial charge in [-0.15, -0.1) is 0 Å². The Morgan fingerprint density at radius 3 is 2.66 bits per heavy atom. The van der Waals surface area contributed by atoms with E-state index in [4.69, 9.17) is 9.15 Å². The maximum Gasteiger partial charge on any atom is 0.290 e. The fraction of sp³-hybridized carbons (Fsp3) is 0.545. The molecule has 0 radical (unpaired) electrons. The molecule has 7 nitrogen and oxygen atoms in total. The second-order valence-corrected chi connectivity index (χ2v) is 8.71. The number of ether oxygens (including phenoxy) is 1. The smallest absolute Gasteiger partial charge is 0.290 e. The number of fused-ring (bicyclic) bond motifs is 1. The minimum atomic E-state index is -0.380. The summed E-state index contributed by atoms with van der Waals surface area (Å²) < 4.78 is 12.0. The van der Waals surface area contributed by atoms with Gasteiger partial charge in [-0.2, -0.15) is 0 Å². The Morgan fingerprint density at radius 1 is 1.21 bits per heavy atom. The average Bonchev–Trinajstić information content (AvgIpc) is 3.46. The van der Waals surface area contributed by atoms with Gasteiger partial charge in [0.2, 0.25) is 5.91 Å². The summed E-state index contributed by atoms with van der Waals surface area (Å²) in [5.41, 5.74) is 1.24. The maximum atomic E-state index is 13.0. The lowest BCUT2D eigenvalue weighted by Gasteiger charge is -2.55. The molecule has 2 amide bonds. The van der Waals surface area contributed by atoms with Gasteiger partial charge < -0.3 is 19.4 Å². The monoisotopic (exact) mass is 397 g/mol. The summed E-state index contributed by atoms with van der Waals surface area (Å²) in [5.74, 6) is 1.02. The zero-order chi connectivity index (χ0) is 20.2. The first kappa shape index (κ1) is 18.6. The fourth-order valence-corrected chi connectivity index (χ4v) is 4.63. The average molecular weight is 397 g/mol. The topological polar surface area (TPSA) is 75.0 Å². The molecule has 1 atom stereocenters. The van der Waals surface area contributed by atoms with Gasteiger partial charge in [0, 0.05) is 31.1 Å². The summed E-state index contributed by atoms with van der Waals surface area (Å²) >= 11 is 0. The molecule has 2 saturated heterocycles. The van der Waals surface area contributed by atoms with Crippen LogP contribution in [0.3, 0.4) is 0 Å². The number of carbonyl (C=O) groups excluding carboxylic acids is 2. The highest BCUT2D eigenvalue weighted by Gasteiger charge is 2.53. The van der Waals surface area contributed by atoms with Crippen molar-refractivity contribution in [3.8, 4) is 0 Å². The lowest BCUT2D eigenvalue weighted by molar-refractivity contribution is -0.192. The number of hydrogen-bond acceptors (Lipinski definition) is 5. The van der Waals surface area contributed by atoms with Crippen molar-refractivity contribution in [3.63, 3.8) is 0 Å². The first-order valence-electron chi connectivity index (χ1n) is 10.4. The van der Waals surface area contributed by atoms with Crippen LogP contribution in [-0.4, -0.2) is 73.1 Å². The molecular weight excluding hydrogens is 370 g/mol. The third-order valence-electron chi connectivity index (χ3n) is 6.50. The lowest BCUT2D eigenvalue weighted by atomic mass is 9.89. The van der Waals surface area contributed by atoms with Gasteiger partial charge in [-0.05, 0) is 31.7 Å². The summed E-state index contributed by atoms with van der Waals surface area (Å²) in [4.78, 5) is 29.3. The van der Waals surface area contributed by atoms with E-state index in [1.165, 1.54) is 12.8 Å². The normalized spacial score (nSPS) is 23.9. The molecule has 154 valence electrons. The molecule has 3 aliphatic rings. The van der Waals surface area contributed by atoms with E-state index >= 15 is 0 Å². The number of aryl methyl sites for hydroxylation is 1. The standard InChI is InChI=1S/C22H27N3O4/c1-14-16-5-3-4-6-18(16)29-19(14)21(27)25-12-22(13-25)11-24(9-15-7-8-15)17(10-28-22)20(26)23-2/h3-6,15,17H,7-13H2,1-2H3,(H,23,26)/t17-/m1/s1. The molecule has 1 N–H and O–H groups in total. The molecule has 1 aromatic carbocycles. The second-order valence-electron chi connectivity index (χ2n) is 8.71. The van der Waals surface area contributed by atoms with Crippen molar-refractivity contribution >= 4 is 22.8 Å². The molecule has 2 aromatic rings. The van der Waals surface area contributed by atoms with Gasteiger partial charge in [-0.3, -0.25) is 14.5 Å². The molecular formula is C22H27N3O4.